The molecule has 1 unspecified atom stereocenters. The Bertz CT molecular complexity index is 791. The van der Waals surface area contributed by atoms with E-state index in [-0.39, 0.29) is 5.91 Å². The maximum atomic E-state index is 12.3. The molecule has 1 aromatic heterocycles. The summed E-state index contributed by atoms with van der Waals surface area (Å²) in [6, 6.07) is 11.0. The Kier molecular flexibility index (Phi) is 4.64. The van der Waals surface area contributed by atoms with Crippen LogP contribution in [0.15, 0.2) is 47.1 Å². The lowest BCUT2D eigenvalue weighted by Crippen LogP contribution is -2.90. The lowest BCUT2D eigenvalue weighted by molar-refractivity contribution is -0.575. The van der Waals surface area contributed by atoms with Crippen LogP contribution in [-0.4, -0.2) is 29.9 Å². The highest BCUT2D eigenvalue weighted by atomic mass is 79.9. The van der Waals surface area contributed by atoms with Crippen LogP contribution in [0.25, 0.3) is 0 Å². The maximum absolute atomic E-state index is 12.3. The van der Waals surface area contributed by atoms with Gasteiger partial charge in [0.05, 0.1) is 6.61 Å². The first-order chi connectivity index (χ1) is 11.5. The van der Waals surface area contributed by atoms with Crippen molar-refractivity contribution >= 4 is 33.4 Å². The van der Waals surface area contributed by atoms with Gasteiger partial charge in [-0.15, -0.1) is 0 Å². The van der Waals surface area contributed by atoms with Gasteiger partial charge in [0.25, 0.3) is 11.7 Å². The van der Waals surface area contributed by atoms with E-state index in [9.17, 15) is 4.79 Å². The van der Waals surface area contributed by atoms with Gasteiger partial charge in [-0.25, -0.2) is 4.98 Å². The van der Waals surface area contributed by atoms with Crippen molar-refractivity contribution in [2.75, 3.05) is 18.5 Å². The first kappa shape index (κ1) is 16.6. The van der Waals surface area contributed by atoms with Crippen LogP contribution < -0.4 is 16.0 Å². The number of hydrogen-bond acceptors (Lipinski definition) is 4. The molecule has 124 valence electrons. The van der Waals surface area contributed by atoms with E-state index in [0.29, 0.717) is 30.4 Å². The molecule has 1 atom stereocenters. The summed E-state index contributed by atoms with van der Waals surface area (Å²) in [6.45, 7) is 2.91. The Labute approximate surface area is 148 Å². The third-order valence-corrected chi connectivity index (χ3v) is 4.27. The van der Waals surface area contributed by atoms with Crippen molar-refractivity contribution in [2.45, 2.75) is 12.5 Å². The van der Waals surface area contributed by atoms with Gasteiger partial charge >= 0.3 is 0 Å². The van der Waals surface area contributed by atoms with Crippen LogP contribution in [0.3, 0.4) is 0 Å². The van der Waals surface area contributed by atoms with Gasteiger partial charge in [0.2, 0.25) is 0 Å². The molecule has 2 aromatic rings. The lowest BCUT2D eigenvalue weighted by atomic mass is 9.92. The molecule has 0 radical (unpaired) electrons. The minimum absolute atomic E-state index is 0.260. The van der Waals surface area contributed by atoms with Gasteiger partial charge in [-0.2, -0.15) is 0 Å². The van der Waals surface area contributed by atoms with E-state index in [1.165, 1.54) is 0 Å². The van der Waals surface area contributed by atoms with Gasteiger partial charge in [-0.1, -0.05) is 12.1 Å². The Hall–Kier alpha value is -2.25. The van der Waals surface area contributed by atoms with Crippen LogP contribution >= 0.6 is 15.9 Å². The third kappa shape index (κ3) is 3.63. The predicted octanol–water partition coefficient (Wildman–Crippen LogP) is 0.780. The molecule has 1 aromatic carbocycles. The number of nitrogens with zero attached hydrogens (tertiary/aromatic N) is 1. The molecule has 0 bridgehead atoms. The highest BCUT2D eigenvalue weighted by Gasteiger charge is 2.33. The van der Waals surface area contributed by atoms with Crippen molar-refractivity contribution in [1.82, 2.24) is 4.98 Å². The summed E-state index contributed by atoms with van der Waals surface area (Å²) in [7, 11) is 0. The zero-order valence-electron chi connectivity index (χ0n) is 13.2. The first-order valence-electron chi connectivity index (χ1n) is 7.47. The fourth-order valence-corrected chi connectivity index (χ4v) is 2.83. The van der Waals surface area contributed by atoms with E-state index in [1.807, 2.05) is 31.2 Å². The lowest BCUT2D eigenvalue weighted by Gasteiger charge is -2.27. The standard InChI is InChI=1S/C17H17BrN4O2/c1-17(10-24-9-15(19)22-17)11-3-2-4-13(7-11)21-16(23)14-6-5-12(18)8-20-14/h2-8H,9-10H2,1H3,(H2,19,22)(H,21,23)/p+1. The van der Waals surface area contributed by atoms with Gasteiger partial charge in [0, 0.05) is 21.9 Å². The quantitative estimate of drug-likeness (QED) is 0.723. The van der Waals surface area contributed by atoms with Gasteiger partial charge in [0.15, 0.2) is 0 Å². The number of benzene rings is 1. The smallest absolute Gasteiger partial charge is 0.274 e. The van der Waals surface area contributed by atoms with Gasteiger partial charge in [-0.05, 0) is 47.1 Å². The van der Waals surface area contributed by atoms with Crippen LogP contribution in [0.5, 0.6) is 0 Å². The summed E-state index contributed by atoms with van der Waals surface area (Å²) < 4.78 is 6.35. The van der Waals surface area contributed by atoms with E-state index < -0.39 is 5.54 Å². The number of pyridine rings is 1. The first-order valence-corrected chi connectivity index (χ1v) is 8.26. The summed E-state index contributed by atoms with van der Waals surface area (Å²) in [5, 5.41) is 2.86. The minimum Gasteiger partial charge on any atom is -0.364 e. The van der Waals surface area contributed by atoms with Crippen molar-refractivity contribution in [1.29, 1.82) is 0 Å². The summed E-state index contributed by atoms with van der Waals surface area (Å²) in [4.78, 5) is 19.7. The van der Waals surface area contributed by atoms with Crippen molar-refractivity contribution in [3.8, 4) is 0 Å². The van der Waals surface area contributed by atoms with Crippen molar-refractivity contribution in [2.24, 2.45) is 5.73 Å². The number of anilines is 1. The molecule has 3 rings (SSSR count). The third-order valence-electron chi connectivity index (χ3n) is 3.80. The molecule has 0 saturated heterocycles. The number of carbonyl (C=O) groups excluding carboxylic acids is 1. The van der Waals surface area contributed by atoms with Crippen molar-refractivity contribution in [3.05, 3.63) is 58.3 Å². The number of aromatic nitrogens is 1. The topological polar surface area (TPSA) is 91.2 Å². The normalized spacial score (nSPS) is 20.3. The molecule has 7 heteroatoms. The average molecular weight is 390 g/mol. The second kappa shape index (κ2) is 6.70. The number of carbonyl (C=O) groups is 1. The highest BCUT2D eigenvalue weighted by molar-refractivity contribution is 9.10. The molecule has 6 nitrogen and oxygen atoms in total. The van der Waals surface area contributed by atoms with Crippen molar-refractivity contribution in [3.63, 3.8) is 0 Å². The van der Waals surface area contributed by atoms with Crippen LogP contribution in [0.4, 0.5) is 5.69 Å². The van der Waals surface area contributed by atoms with Crippen LogP contribution in [0.1, 0.15) is 23.0 Å². The second-order valence-electron chi connectivity index (χ2n) is 5.87. The molecule has 0 saturated carbocycles. The molecule has 1 aliphatic rings. The molecule has 1 aliphatic heterocycles. The number of hydrogen-bond donors (Lipinski definition) is 3. The van der Waals surface area contributed by atoms with Gasteiger partial charge < -0.3 is 10.1 Å². The predicted molar refractivity (Wildman–Crippen MR) is 94.7 cm³/mol. The molecule has 4 N–H and O–H groups in total. The van der Waals surface area contributed by atoms with E-state index in [4.69, 9.17) is 10.5 Å². The monoisotopic (exact) mass is 389 g/mol. The van der Waals surface area contributed by atoms with Gasteiger partial charge in [0.1, 0.15) is 17.8 Å². The van der Waals surface area contributed by atoms with E-state index in [1.54, 1.807) is 18.3 Å². The largest absolute Gasteiger partial charge is 0.364 e. The number of nitrogens with one attached hydrogen (secondary N) is 2. The fourth-order valence-electron chi connectivity index (χ4n) is 2.59. The molecular formula is C17H18BrN4O2+. The number of rotatable bonds is 3. The van der Waals surface area contributed by atoms with Gasteiger partial charge in [-0.3, -0.25) is 15.5 Å². The van der Waals surface area contributed by atoms with Crippen LogP contribution in [0.2, 0.25) is 0 Å². The number of ether oxygens (including phenoxy) is 1. The molecule has 0 fully saturated rings. The SMILES string of the molecule is CC1(c2cccc(NC(=O)c3ccc(Br)cn3)c2)COCC(N)=[NH+]1. The summed E-state index contributed by atoms with van der Waals surface area (Å²) in [5.41, 5.74) is 7.44. The molecule has 0 aliphatic carbocycles. The summed E-state index contributed by atoms with van der Waals surface area (Å²) >= 11 is 3.30. The Morgan fingerprint density at radius 3 is 2.96 bits per heavy atom. The van der Waals surface area contributed by atoms with E-state index >= 15 is 0 Å². The molecular weight excluding hydrogens is 372 g/mol. The fraction of sp³-hybridized carbons (Fsp3) is 0.235. The maximum Gasteiger partial charge on any atom is 0.274 e. The molecule has 0 spiro atoms. The molecule has 1 amide bonds. The Balaban J connectivity index is 1.82. The van der Waals surface area contributed by atoms with Crippen LogP contribution in [0, 0.1) is 0 Å². The van der Waals surface area contributed by atoms with E-state index in [0.717, 1.165) is 10.0 Å². The minimum atomic E-state index is -0.432. The zero-order chi connectivity index (χ0) is 17.2. The summed E-state index contributed by atoms with van der Waals surface area (Å²) in [6.07, 6.45) is 1.59. The second-order valence-corrected chi connectivity index (χ2v) is 6.79. The molecule has 2 heterocycles. The number of amides is 1. The average Bonchev–Trinajstić information content (AvgIpc) is 2.55. The molecule has 24 heavy (non-hydrogen) atoms. The zero-order valence-corrected chi connectivity index (χ0v) is 14.8. The Morgan fingerprint density at radius 1 is 1.42 bits per heavy atom. The van der Waals surface area contributed by atoms with E-state index in [2.05, 4.69) is 31.2 Å². The Morgan fingerprint density at radius 2 is 2.25 bits per heavy atom. The number of nitrogens with two attached hydrogens (primary N) is 1. The van der Waals surface area contributed by atoms with Crippen LogP contribution in [-0.2, 0) is 10.3 Å². The summed E-state index contributed by atoms with van der Waals surface area (Å²) in [5.74, 6) is 0.334. The highest BCUT2D eigenvalue weighted by Crippen LogP contribution is 2.21. The van der Waals surface area contributed by atoms with Crippen molar-refractivity contribution < 1.29 is 14.5 Å². The number of halogens is 1. The number of amidine groups is 1.